The number of hydrogen-bond donors (Lipinski definition) is 1. The van der Waals surface area contributed by atoms with Crippen molar-refractivity contribution < 1.29 is 9.53 Å². The van der Waals surface area contributed by atoms with E-state index in [1.807, 2.05) is 37.3 Å². The fourth-order valence-electron chi connectivity index (χ4n) is 2.91. The van der Waals surface area contributed by atoms with E-state index in [1.54, 1.807) is 43.5 Å². The van der Waals surface area contributed by atoms with E-state index in [-0.39, 0.29) is 18.2 Å². The first-order valence-electron chi connectivity index (χ1n) is 8.91. The topological polar surface area (TPSA) is 38.3 Å². The molecule has 144 valence electrons. The number of ether oxygens (including phenoxy) is 1. The number of halogens is 2. The number of aryl methyl sites for hydroxylation is 1. The molecule has 0 aromatic heterocycles. The minimum Gasteiger partial charge on any atom is -0.497 e. The van der Waals surface area contributed by atoms with Crippen molar-refractivity contribution in [3.63, 3.8) is 0 Å². The lowest BCUT2D eigenvalue weighted by Gasteiger charge is -2.21. The number of benzene rings is 3. The van der Waals surface area contributed by atoms with Crippen LogP contribution in [0.2, 0.25) is 10.0 Å². The first kappa shape index (κ1) is 20.2. The zero-order valence-electron chi connectivity index (χ0n) is 15.7. The smallest absolute Gasteiger partial charge is 0.165 e. The van der Waals surface area contributed by atoms with Gasteiger partial charge in [-0.05, 0) is 61.0 Å². The Morgan fingerprint density at radius 2 is 1.64 bits per heavy atom. The summed E-state index contributed by atoms with van der Waals surface area (Å²) in [6.45, 7) is 2.04. The molecule has 0 heterocycles. The molecule has 0 bridgehead atoms. The van der Waals surface area contributed by atoms with E-state index in [9.17, 15) is 4.79 Å². The molecule has 0 fully saturated rings. The number of rotatable bonds is 7. The summed E-state index contributed by atoms with van der Waals surface area (Å²) in [6, 6.07) is 20.4. The molecular formula is C23H21Cl2NO2. The summed E-state index contributed by atoms with van der Waals surface area (Å²) >= 11 is 12.3. The Kier molecular flexibility index (Phi) is 6.61. The summed E-state index contributed by atoms with van der Waals surface area (Å²) in [5, 5.41) is 4.40. The van der Waals surface area contributed by atoms with Gasteiger partial charge in [-0.3, -0.25) is 4.79 Å². The van der Waals surface area contributed by atoms with Gasteiger partial charge in [-0.1, -0.05) is 47.0 Å². The number of carbonyl (C=O) groups is 1. The highest BCUT2D eigenvalue weighted by atomic mass is 35.5. The van der Waals surface area contributed by atoms with Crippen LogP contribution in [-0.2, 0) is 0 Å². The number of methoxy groups -OCH3 is 1. The van der Waals surface area contributed by atoms with Crippen LogP contribution in [0.4, 0.5) is 5.69 Å². The molecule has 1 atom stereocenters. The third-order valence-electron chi connectivity index (χ3n) is 4.54. The average molecular weight is 414 g/mol. The summed E-state index contributed by atoms with van der Waals surface area (Å²) in [5.41, 5.74) is 3.64. The molecule has 0 amide bonds. The van der Waals surface area contributed by atoms with Crippen LogP contribution in [0.5, 0.6) is 5.75 Å². The van der Waals surface area contributed by atoms with E-state index < -0.39 is 0 Å². The number of hydrogen-bond acceptors (Lipinski definition) is 3. The second-order valence-corrected chi connectivity index (χ2v) is 7.41. The Hall–Kier alpha value is -2.49. The molecule has 0 saturated carbocycles. The molecule has 0 saturated heterocycles. The van der Waals surface area contributed by atoms with Crippen molar-refractivity contribution in [2.24, 2.45) is 0 Å². The lowest BCUT2D eigenvalue weighted by molar-refractivity contribution is 0.0976. The van der Waals surface area contributed by atoms with Crippen molar-refractivity contribution in [1.82, 2.24) is 0 Å². The van der Waals surface area contributed by atoms with Crippen LogP contribution in [0.1, 0.15) is 33.9 Å². The molecule has 0 aliphatic carbocycles. The van der Waals surface area contributed by atoms with Gasteiger partial charge in [-0.15, -0.1) is 0 Å². The SMILES string of the molecule is COc1ccc(C(=O)CC(Nc2ccc(C)cc2)c2ccc(Cl)c(Cl)c2)cc1. The molecule has 1 N–H and O–H groups in total. The zero-order chi connectivity index (χ0) is 20.1. The van der Waals surface area contributed by atoms with Crippen molar-refractivity contribution in [1.29, 1.82) is 0 Å². The minimum atomic E-state index is -0.243. The maximum absolute atomic E-state index is 12.9. The molecule has 3 nitrogen and oxygen atoms in total. The van der Waals surface area contributed by atoms with E-state index in [0.717, 1.165) is 17.0 Å². The molecule has 0 aliphatic rings. The highest BCUT2D eigenvalue weighted by molar-refractivity contribution is 6.42. The van der Waals surface area contributed by atoms with Crippen molar-refractivity contribution in [2.75, 3.05) is 12.4 Å². The van der Waals surface area contributed by atoms with Crippen molar-refractivity contribution in [2.45, 2.75) is 19.4 Å². The molecule has 0 radical (unpaired) electrons. The summed E-state index contributed by atoms with van der Waals surface area (Å²) in [4.78, 5) is 12.9. The standard InChI is InChI=1S/C23H21Cl2NO2/c1-15-3-8-18(9-4-15)26-22(17-7-12-20(24)21(25)13-17)14-23(27)16-5-10-19(28-2)11-6-16/h3-13,22,26H,14H2,1-2H3. The Morgan fingerprint density at radius 1 is 0.964 bits per heavy atom. The fourth-order valence-corrected chi connectivity index (χ4v) is 3.22. The van der Waals surface area contributed by atoms with Crippen LogP contribution in [0.15, 0.2) is 66.7 Å². The number of nitrogens with one attached hydrogen (secondary N) is 1. The maximum Gasteiger partial charge on any atom is 0.165 e. The highest BCUT2D eigenvalue weighted by Gasteiger charge is 2.18. The number of ketones is 1. The molecule has 1 unspecified atom stereocenters. The quantitative estimate of drug-likeness (QED) is 0.435. The van der Waals surface area contributed by atoms with Crippen molar-refractivity contribution >= 4 is 34.7 Å². The van der Waals surface area contributed by atoms with Crippen molar-refractivity contribution in [3.8, 4) is 5.75 Å². The van der Waals surface area contributed by atoms with Gasteiger partial charge in [0, 0.05) is 17.7 Å². The van der Waals surface area contributed by atoms with Gasteiger partial charge in [0.1, 0.15) is 5.75 Å². The van der Waals surface area contributed by atoms with Crippen LogP contribution in [0.3, 0.4) is 0 Å². The molecule has 28 heavy (non-hydrogen) atoms. The molecule has 3 aromatic rings. The van der Waals surface area contributed by atoms with E-state index in [4.69, 9.17) is 27.9 Å². The van der Waals surface area contributed by atoms with Crippen LogP contribution in [0, 0.1) is 6.92 Å². The van der Waals surface area contributed by atoms with Crippen molar-refractivity contribution in [3.05, 3.63) is 93.5 Å². The Bertz CT molecular complexity index is 953. The minimum absolute atomic E-state index is 0.0262. The van der Waals surface area contributed by atoms with Gasteiger partial charge in [0.05, 0.1) is 23.2 Å². The average Bonchev–Trinajstić information content (AvgIpc) is 2.71. The summed E-state index contributed by atoms with van der Waals surface area (Å²) in [6.07, 6.45) is 0.276. The van der Waals surface area contributed by atoms with Gasteiger partial charge in [0.2, 0.25) is 0 Å². The summed E-state index contributed by atoms with van der Waals surface area (Å²) < 4.78 is 5.16. The lowest BCUT2D eigenvalue weighted by atomic mass is 9.97. The van der Waals surface area contributed by atoms with E-state index in [2.05, 4.69) is 5.32 Å². The van der Waals surface area contributed by atoms with E-state index in [1.165, 1.54) is 5.56 Å². The molecule has 0 spiro atoms. The van der Waals surface area contributed by atoms with Crippen LogP contribution >= 0.6 is 23.2 Å². The summed E-state index contributed by atoms with van der Waals surface area (Å²) in [7, 11) is 1.60. The van der Waals surface area contributed by atoms with E-state index >= 15 is 0 Å². The highest BCUT2D eigenvalue weighted by Crippen LogP contribution is 2.30. The van der Waals surface area contributed by atoms with Crippen LogP contribution < -0.4 is 10.1 Å². The monoisotopic (exact) mass is 413 g/mol. The maximum atomic E-state index is 12.9. The number of Topliss-reactive ketones (excluding diaryl/α,β-unsaturated/α-hetero) is 1. The predicted octanol–water partition coefficient (Wildman–Crippen LogP) is 6.74. The Balaban J connectivity index is 1.86. The number of carbonyl (C=O) groups excluding carboxylic acids is 1. The molecule has 3 rings (SSSR count). The van der Waals surface area contributed by atoms with E-state index in [0.29, 0.717) is 15.6 Å². The van der Waals surface area contributed by atoms with Gasteiger partial charge >= 0.3 is 0 Å². The first-order valence-corrected chi connectivity index (χ1v) is 9.67. The zero-order valence-corrected chi connectivity index (χ0v) is 17.2. The second kappa shape index (κ2) is 9.13. The third-order valence-corrected chi connectivity index (χ3v) is 5.28. The van der Waals surface area contributed by atoms with Gasteiger partial charge in [0.15, 0.2) is 5.78 Å². The molecule has 3 aromatic carbocycles. The lowest BCUT2D eigenvalue weighted by Crippen LogP contribution is -2.16. The molecule has 0 aliphatic heterocycles. The first-order chi connectivity index (χ1) is 13.5. The van der Waals surface area contributed by atoms with Gasteiger partial charge < -0.3 is 10.1 Å². The van der Waals surface area contributed by atoms with Gasteiger partial charge in [0.25, 0.3) is 0 Å². The second-order valence-electron chi connectivity index (χ2n) is 6.59. The Morgan fingerprint density at radius 3 is 2.25 bits per heavy atom. The van der Waals surface area contributed by atoms with Crippen LogP contribution in [-0.4, -0.2) is 12.9 Å². The Labute approximate surface area is 175 Å². The molecular weight excluding hydrogens is 393 g/mol. The largest absolute Gasteiger partial charge is 0.497 e. The normalized spacial score (nSPS) is 11.7. The van der Waals surface area contributed by atoms with Crippen LogP contribution in [0.25, 0.3) is 0 Å². The fraction of sp³-hybridized carbons (Fsp3) is 0.174. The van der Waals surface area contributed by atoms with Gasteiger partial charge in [-0.2, -0.15) is 0 Å². The molecule has 5 heteroatoms. The third kappa shape index (κ3) is 5.06. The van der Waals surface area contributed by atoms with Gasteiger partial charge in [-0.25, -0.2) is 0 Å². The summed E-state index contributed by atoms with van der Waals surface area (Å²) in [5.74, 6) is 0.744. The predicted molar refractivity (Wildman–Crippen MR) is 116 cm³/mol. The number of anilines is 1.